The second-order valence-corrected chi connectivity index (χ2v) is 4.44. The molecule has 0 atom stereocenters. The molecule has 0 radical (unpaired) electrons. The van der Waals surface area contributed by atoms with E-state index in [9.17, 15) is 4.79 Å². The number of carbonyl (C=O) groups excluding carboxylic acids is 1. The summed E-state index contributed by atoms with van der Waals surface area (Å²) in [5, 5.41) is 4.76. The largest absolute Gasteiger partial charge is 0.396 e. The number of nitrogens with two attached hydrogens (primary N) is 1. The molecule has 1 aromatic heterocycles. The molecule has 2 aromatic carbocycles. The summed E-state index contributed by atoms with van der Waals surface area (Å²) in [4.78, 5) is 16.3. The number of carbonyl (C=O) groups is 1. The average molecular weight is 263 g/mol. The number of nitrogens with one attached hydrogen (secondary N) is 1. The van der Waals surface area contributed by atoms with Crippen molar-refractivity contribution in [2.45, 2.75) is 0 Å². The minimum absolute atomic E-state index is 0.181. The third kappa shape index (κ3) is 2.19. The highest BCUT2D eigenvalue weighted by Gasteiger charge is 2.10. The third-order valence-electron chi connectivity index (χ3n) is 3.13. The number of nitrogen functional groups attached to an aromatic ring is 1. The van der Waals surface area contributed by atoms with E-state index >= 15 is 0 Å². The Morgan fingerprint density at radius 3 is 2.70 bits per heavy atom. The van der Waals surface area contributed by atoms with Crippen LogP contribution < -0.4 is 11.1 Å². The van der Waals surface area contributed by atoms with Crippen LogP contribution in [0.5, 0.6) is 0 Å². The molecule has 1 amide bonds. The van der Waals surface area contributed by atoms with Crippen LogP contribution in [0.25, 0.3) is 10.8 Å². The maximum Gasteiger partial charge on any atom is 0.256 e. The monoisotopic (exact) mass is 263 g/mol. The molecule has 0 fully saturated rings. The Bertz CT molecular complexity index is 778. The summed E-state index contributed by atoms with van der Waals surface area (Å²) in [6.07, 6.45) is 3.10. The van der Waals surface area contributed by atoms with Gasteiger partial charge in [0.05, 0.1) is 17.6 Å². The third-order valence-corrected chi connectivity index (χ3v) is 3.13. The predicted molar refractivity (Wildman–Crippen MR) is 80.6 cm³/mol. The first kappa shape index (κ1) is 12.2. The van der Waals surface area contributed by atoms with Crippen LogP contribution in [0, 0.1) is 0 Å². The number of rotatable bonds is 2. The number of amides is 1. The topological polar surface area (TPSA) is 68.0 Å². The first-order valence-electron chi connectivity index (χ1n) is 6.24. The van der Waals surface area contributed by atoms with Gasteiger partial charge in [-0.1, -0.05) is 36.4 Å². The SMILES string of the molecule is Nc1cnccc1NC(=O)c1cccc2ccccc12. The predicted octanol–water partition coefficient (Wildman–Crippen LogP) is 3.07. The van der Waals surface area contributed by atoms with Crippen LogP contribution >= 0.6 is 0 Å². The number of benzene rings is 2. The molecular weight excluding hydrogens is 250 g/mol. The molecule has 0 saturated carbocycles. The van der Waals surface area contributed by atoms with E-state index in [1.54, 1.807) is 18.3 Å². The van der Waals surface area contributed by atoms with Crippen molar-refractivity contribution in [2.24, 2.45) is 0 Å². The second kappa shape index (κ2) is 5.01. The summed E-state index contributed by atoms with van der Waals surface area (Å²) in [5.74, 6) is -0.181. The number of hydrogen-bond acceptors (Lipinski definition) is 3. The molecule has 4 heteroatoms. The second-order valence-electron chi connectivity index (χ2n) is 4.44. The molecule has 1 heterocycles. The van der Waals surface area contributed by atoms with Gasteiger partial charge in [0.15, 0.2) is 0 Å². The fourth-order valence-corrected chi connectivity index (χ4v) is 2.13. The number of pyridine rings is 1. The fourth-order valence-electron chi connectivity index (χ4n) is 2.13. The van der Waals surface area contributed by atoms with Crippen LogP contribution in [0.2, 0.25) is 0 Å². The molecule has 3 N–H and O–H groups in total. The van der Waals surface area contributed by atoms with E-state index in [4.69, 9.17) is 5.73 Å². The summed E-state index contributed by atoms with van der Waals surface area (Å²) in [6, 6.07) is 15.1. The normalized spacial score (nSPS) is 10.4. The molecule has 0 saturated heterocycles. The summed E-state index contributed by atoms with van der Waals surface area (Å²) in [6.45, 7) is 0. The molecule has 20 heavy (non-hydrogen) atoms. The molecule has 0 aliphatic rings. The number of fused-ring (bicyclic) bond motifs is 1. The van der Waals surface area contributed by atoms with Gasteiger partial charge in [0, 0.05) is 11.8 Å². The van der Waals surface area contributed by atoms with E-state index < -0.39 is 0 Å². The van der Waals surface area contributed by atoms with Gasteiger partial charge in [-0.05, 0) is 22.9 Å². The Morgan fingerprint density at radius 2 is 1.85 bits per heavy atom. The Kier molecular flexibility index (Phi) is 3.05. The van der Waals surface area contributed by atoms with Crippen LogP contribution in [0.1, 0.15) is 10.4 Å². The zero-order chi connectivity index (χ0) is 13.9. The first-order chi connectivity index (χ1) is 9.75. The lowest BCUT2D eigenvalue weighted by molar-refractivity contribution is 0.102. The van der Waals surface area contributed by atoms with Gasteiger partial charge in [0.25, 0.3) is 5.91 Å². The van der Waals surface area contributed by atoms with Gasteiger partial charge in [0.1, 0.15) is 0 Å². The van der Waals surface area contributed by atoms with Crippen LogP contribution in [0.4, 0.5) is 11.4 Å². The summed E-state index contributed by atoms with van der Waals surface area (Å²) in [7, 11) is 0. The highest BCUT2D eigenvalue weighted by Crippen LogP contribution is 2.21. The van der Waals surface area contributed by atoms with Crippen molar-refractivity contribution < 1.29 is 4.79 Å². The van der Waals surface area contributed by atoms with Crippen molar-refractivity contribution >= 4 is 28.1 Å². The Morgan fingerprint density at radius 1 is 1.05 bits per heavy atom. The molecular formula is C16H13N3O. The Balaban J connectivity index is 1.99. The molecule has 0 unspecified atom stereocenters. The standard InChI is InChI=1S/C16H13N3O/c17-14-10-18-9-8-15(14)19-16(20)13-7-3-5-11-4-1-2-6-12(11)13/h1-10H,17H2,(H,18,19,20). The molecule has 3 rings (SSSR count). The van der Waals surface area contributed by atoms with E-state index in [1.807, 2.05) is 36.4 Å². The van der Waals surface area contributed by atoms with Crippen LogP contribution in [-0.2, 0) is 0 Å². The van der Waals surface area contributed by atoms with E-state index in [1.165, 1.54) is 6.20 Å². The highest BCUT2D eigenvalue weighted by atomic mass is 16.1. The number of anilines is 2. The quantitative estimate of drug-likeness (QED) is 0.746. The maximum absolute atomic E-state index is 12.4. The smallest absolute Gasteiger partial charge is 0.256 e. The van der Waals surface area contributed by atoms with Crippen molar-refractivity contribution in [3.05, 3.63) is 66.5 Å². The van der Waals surface area contributed by atoms with Gasteiger partial charge in [0.2, 0.25) is 0 Å². The Hall–Kier alpha value is -2.88. The van der Waals surface area contributed by atoms with Crippen molar-refractivity contribution in [3.63, 3.8) is 0 Å². The van der Waals surface area contributed by atoms with Crippen LogP contribution in [0.15, 0.2) is 60.9 Å². The molecule has 0 aliphatic carbocycles. The zero-order valence-electron chi connectivity index (χ0n) is 10.7. The highest BCUT2D eigenvalue weighted by molar-refractivity contribution is 6.13. The fraction of sp³-hybridized carbons (Fsp3) is 0. The lowest BCUT2D eigenvalue weighted by Crippen LogP contribution is -2.13. The maximum atomic E-state index is 12.4. The lowest BCUT2D eigenvalue weighted by atomic mass is 10.0. The molecule has 4 nitrogen and oxygen atoms in total. The van der Waals surface area contributed by atoms with E-state index in [2.05, 4.69) is 10.3 Å². The zero-order valence-corrected chi connectivity index (χ0v) is 10.7. The summed E-state index contributed by atoms with van der Waals surface area (Å²) in [5.41, 5.74) is 7.42. The first-order valence-corrected chi connectivity index (χ1v) is 6.24. The summed E-state index contributed by atoms with van der Waals surface area (Å²) >= 11 is 0. The van der Waals surface area contributed by atoms with Crippen molar-refractivity contribution in [2.75, 3.05) is 11.1 Å². The molecule has 3 aromatic rings. The molecule has 0 bridgehead atoms. The van der Waals surface area contributed by atoms with Gasteiger partial charge >= 0.3 is 0 Å². The molecule has 98 valence electrons. The molecule has 0 spiro atoms. The van der Waals surface area contributed by atoms with Gasteiger partial charge < -0.3 is 11.1 Å². The minimum Gasteiger partial charge on any atom is -0.396 e. The van der Waals surface area contributed by atoms with Crippen molar-refractivity contribution in [1.82, 2.24) is 4.98 Å². The van der Waals surface area contributed by atoms with Crippen LogP contribution in [-0.4, -0.2) is 10.9 Å². The summed E-state index contributed by atoms with van der Waals surface area (Å²) < 4.78 is 0. The van der Waals surface area contributed by atoms with E-state index in [0.717, 1.165) is 10.8 Å². The van der Waals surface area contributed by atoms with Crippen molar-refractivity contribution in [3.8, 4) is 0 Å². The average Bonchev–Trinajstić information content (AvgIpc) is 2.49. The van der Waals surface area contributed by atoms with E-state index in [0.29, 0.717) is 16.9 Å². The van der Waals surface area contributed by atoms with Gasteiger partial charge in [-0.3, -0.25) is 9.78 Å². The minimum atomic E-state index is -0.181. The van der Waals surface area contributed by atoms with E-state index in [-0.39, 0.29) is 5.91 Å². The van der Waals surface area contributed by atoms with Gasteiger partial charge in [-0.2, -0.15) is 0 Å². The number of aromatic nitrogens is 1. The van der Waals surface area contributed by atoms with Crippen LogP contribution in [0.3, 0.4) is 0 Å². The number of hydrogen-bond donors (Lipinski definition) is 2. The van der Waals surface area contributed by atoms with Gasteiger partial charge in [-0.25, -0.2) is 0 Å². The Labute approximate surface area is 116 Å². The van der Waals surface area contributed by atoms with Crippen molar-refractivity contribution in [1.29, 1.82) is 0 Å². The lowest BCUT2D eigenvalue weighted by Gasteiger charge is -2.09. The van der Waals surface area contributed by atoms with Gasteiger partial charge in [-0.15, -0.1) is 0 Å². The number of nitrogens with zero attached hydrogens (tertiary/aromatic N) is 1. The molecule has 0 aliphatic heterocycles.